The Morgan fingerprint density at radius 1 is 1.17 bits per heavy atom. The molecule has 2 amide bonds. The van der Waals surface area contributed by atoms with Gasteiger partial charge >= 0.3 is 6.03 Å². The lowest BCUT2D eigenvalue weighted by Crippen LogP contribution is -2.28. The van der Waals surface area contributed by atoms with Crippen molar-refractivity contribution in [3.05, 3.63) is 60.2 Å². The fraction of sp³-hybridized carbons (Fsp3) is 0.176. The van der Waals surface area contributed by atoms with Crippen molar-refractivity contribution in [1.82, 2.24) is 20.4 Å². The first-order valence-electron chi connectivity index (χ1n) is 7.62. The molecule has 0 radical (unpaired) electrons. The third kappa shape index (κ3) is 3.75. The topological polar surface area (TPSA) is 92.9 Å². The van der Waals surface area contributed by atoms with E-state index in [1.807, 2.05) is 43.3 Å². The highest BCUT2D eigenvalue weighted by Gasteiger charge is 2.12. The van der Waals surface area contributed by atoms with Gasteiger partial charge in [-0.25, -0.2) is 4.79 Å². The third-order valence-electron chi connectivity index (χ3n) is 3.35. The summed E-state index contributed by atoms with van der Waals surface area (Å²) in [6.45, 7) is 2.43. The van der Waals surface area contributed by atoms with Gasteiger partial charge in [-0.2, -0.15) is 4.98 Å². The lowest BCUT2D eigenvalue weighted by atomic mass is 10.1. The number of carbonyl (C=O) groups excluding carboxylic acids is 1. The number of benzene rings is 1. The van der Waals surface area contributed by atoms with Gasteiger partial charge in [-0.15, -0.1) is 0 Å². The minimum absolute atomic E-state index is 0.243. The van der Waals surface area contributed by atoms with Crippen LogP contribution in [-0.2, 0) is 6.42 Å². The van der Waals surface area contributed by atoms with Crippen molar-refractivity contribution < 1.29 is 9.32 Å². The number of nitrogens with one attached hydrogen (secondary N) is 2. The Labute approximate surface area is 139 Å². The molecule has 0 spiro atoms. The molecule has 7 nitrogen and oxygen atoms in total. The summed E-state index contributed by atoms with van der Waals surface area (Å²) >= 11 is 0. The first-order chi connectivity index (χ1) is 11.8. The summed E-state index contributed by atoms with van der Waals surface area (Å²) in [6, 6.07) is 10.9. The highest BCUT2D eigenvalue weighted by Crippen LogP contribution is 2.20. The van der Waals surface area contributed by atoms with E-state index in [1.165, 1.54) is 0 Å². The summed E-state index contributed by atoms with van der Waals surface area (Å²) in [7, 11) is 0. The van der Waals surface area contributed by atoms with Gasteiger partial charge in [0.25, 0.3) is 0 Å². The van der Waals surface area contributed by atoms with Gasteiger partial charge in [-0.1, -0.05) is 23.4 Å². The fourth-order valence-electron chi connectivity index (χ4n) is 2.23. The molecule has 122 valence electrons. The van der Waals surface area contributed by atoms with Crippen LogP contribution in [0.1, 0.15) is 18.4 Å². The van der Waals surface area contributed by atoms with Crippen molar-refractivity contribution in [3.63, 3.8) is 0 Å². The Kier molecular flexibility index (Phi) is 4.81. The lowest BCUT2D eigenvalue weighted by molar-refractivity contribution is 0.252. The van der Waals surface area contributed by atoms with E-state index in [1.54, 1.807) is 12.4 Å². The molecule has 0 aliphatic carbocycles. The van der Waals surface area contributed by atoms with Crippen LogP contribution in [0.5, 0.6) is 0 Å². The molecule has 0 aliphatic rings. The summed E-state index contributed by atoms with van der Waals surface area (Å²) in [5.74, 6) is 0.994. The molecule has 0 atom stereocenters. The molecule has 0 saturated heterocycles. The number of rotatable bonds is 5. The number of carbonyl (C=O) groups is 1. The maximum Gasteiger partial charge on any atom is 0.319 e. The molecule has 7 heteroatoms. The molecule has 2 heterocycles. The number of nitrogens with zero attached hydrogens (tertiary/aromatic N) is 3. The second-order valence-corrected chi connectivity index (χ2v) is 5.07. The number of para-hydroxylation sites is 1. The molecule has 0 bridgehead atoms. The fourth-order valence-corrected chi connectivity index (χ4v) is 2.23. The number of hydrogen-bond donors (Lipinski definition) is 2. The number of urea groups is 1. The number of amides is 2. The van der Waals surface area contributed by atoms with E-state index in [2.05, 4.69) is 25.8 Å². The second kappa shape index (κ2) is 7.36. The monoisotopic (exact) mass is 323 g/mol. The van der Waals surface area contributed by atoms with Crippen molar-refractivity contribution in [2.75, 3.05) is 11.9 Å². The standard InChI is InChI=1S/C17H17N5O2/c1-2-19-17(23)20-14-6-4-3-5-13(14)11-15-21-16(22-24-15)12-7-9-18-10-8-12/h3-10H,2,11H2,1H3,(H2,19,20,23). The Bertz CT molecular complexity index is 817. The van der Waals surface area contributed by atoms with Crippen LogP contribution in [-0.4, -0.2) is 27.7 Å². The van der Waals surface area contributed by atoms with Crippen LogP contribution in [0.15, 0.2) is 53.3 Å². The molecule has 1 aromatic carbocycles. The number of pyridine rings is 1. The quantitative estimate of drug-likeness (QED) is 0.753. The Morgan fingerprint density at radius 2 is 1.96 bits per heavy atom. The zero-order valence-electron chi connectivity index (χ0n) is 13.2. The molecule has 3 aromatic rings. The van der Waals surface area contributed by atoms with Gasteiger partial charge in [-0.05, 0) is 30.7 Å². The highest BCUT2D eigenvalue weighted by atomic mass is 16.5. The lowest BCUT2D eigenvalue weighted by Gasteiger charge is -2.09. The van der Waals surface area contributed by atoms with Crippen LogP contribution < -0.4 is 10.6 Å². The maximum atomic E-state index is 11.7. The highest BCUT2D eigenvalue weighted by molar-refractivity contribution is 5.90. The van der Waals surface area contributed by atoms with E-state index in [0.29, 0.717) is 30.4 Å². The van der Waals surface area contributed by atoms with Gasteiger partial charge in [0, 0.05) is 30.2 Å². The van der Waals surface area contributed by atoms with Crippen LogP contribution in [0.3, 0.4) is 0 Å². The normalized spacial score (nSPS) is 10.4. The minimum atomic E-state index is -0.243. The molecule has 24 heavy (non-hydrogen) atoms. The number of anilines is 1. The maximum absolute atomic E-state index is 11.7. The van der Waals surface area contributed by atoms with Crippen molar-refractivity contribution >= 4 is 11.7 Å². The number of aromatic nitrogens is 3. The number of hydrogen-bond acceptors (Lipinski definition) is 5. The molecule has 2 N–H and O–H groups in total. The molecule has 0 aliphatic heterocycles. The van der Waals surface area contributed by atoms with Crippen molar-refractivity contribution in [3.8, 4) is 11.4 Å². The summed E-state index contributed by atoms with van der Waals surface area (Å²) in [6.07, 6.45) is 3.79. The zero-order chi connectivity index (χ0) is 16.8. The van der Waals surface area contributed by atoms with E-state index >= 15 is 0 Å². The molecular formula is C17H17N5O2. The van der Waals surface area contributed by atoms with Gasteiger partial charge in [0.1, 0.15) is 0 Å². The first kappa shape index (κ1) is 15.7. The Morgan fingerprint density at radius 3 is 2.75 bits per heavy atom. The first-order valence-corrected chi connectivity index (χ1v) is 7.62. The van der Waals surface area contributed by atoms with Gasteiger partial charge < -0.3 is 15.2 Å². The minimum Gasteiger partial charge on any atom is -0.339 e. The average molecular weight is 323 g/mol. The van der Waals surface area contributed by atoms with Crippen molar-refractivity contribution in [1.29, 1.82) is 0 Å². The predicted molar refractivity (Wildman–Crippen MR) is 89.5 cm³/mol. The Hall–Kier alpha value is -3.22. The van der Waals surface area contributed by atoms with Gasteiger partial charge in [0.2, 0.25) is 11.7 Å². The molecule has 3 rings (SSSR count). The van der Waals surface area contributed by atoms with Gasteiger partial charge in [0.15, 0.2) is 0 Å². The summed E-state index contributed by atoms with van der Waals surface area (Å²) in [5.41, 5.74) is 2.45. The van der Waals surface area contributed by atoms with Crippen LogP contribution in [0.2, 0.25) is 0 Å². The van der Waals surface area contributed by atoms with Gasteiger partial charge in [-0.3, -0.25) is 4.98 Å². The summed E-state index contributed by atoms with van der Waals surface area (Å²) in [4.78, 5) is 20.1. The predicted octanol–water partition coefficient (Wildman–Crippen LogP) is 2.86. The summed E-state index contributed by atoms with van der Waals surface area (Å²) in [5, 5.41) is 9.51. The molecule has 0 fully saturated rings. The van der Waals surface area contributed by atoms with E-state index in [-0.39, 0.29) is 6.03 Å². The van der Waals surface area contributed by atoms with Crippen molar-refractivity contribution in [2.45, 2.75) is 13.3 Å². The average Bonchev–Trinajstić information content (AvgIpc) is 3.06. The van der Waals surface area contributed by atoms with Crippen LogP contribution in [0.25, 0.3) is 11.4 Å². The van der Waals surface area contributed by atoms with Crippen LogP contribution >= 0.6 is 0 Å². The van der Waals surface area contributed by atoms with E-state index in [4.69, 9.17) is 4.52 Å². The molecule has 0 unspecified atom stereocenters. The van der Waals surface area contributed by atoms with E-state index in [9.17, 15) is 4.79 Å². The molecule has 2 aromatic heterocycles. The zero-order valence-corrected chi connectivity index (χ0v) is 13.2. The van der Waals surface area contributed by atoms with Crippen molar-refractivity contribution in [2.24, 2.45) is 0 Å². The van der Waals surface area contributed by atoms with E-state index in [0.717, 1.165) is 11.1 Å². The van der Waals surface area contributed by atoms with Crippen LogP contribution in [0.4, 0.5) is 10.5 Å². The summed E-state index contributed by atoms with van der Waals surface area (Å²) < 4.78 is 5.32. The smallest absolute Gasteiger partial charge is 0.319 e. The molecule has 0 saturated carbocycles. The van der Waals surface area contributed by atoms with Crippen LogP contribution in [0, 0.1) is 0 Å². The Balaban J connectivity index is 1.77. The van der Waals surface area contributed by atoms with Gasteiger partial charge in [0.05, 0.1) is 6.42 Å². The SMILES string of the molecule is CCNC(=O)Nc1ccccc1Cc1nc(-c2ccncc2)no1. The van der Waals surface area contributed by atoms with E-state index < -0.39 is 0 Å². The largest absolute Gasteiger partial charge is 0.339 e. The second-order valence-electron chi connectivity index (χ2n) is 5.07. The molecular weight excluding hydrogens is 306 g/mol. The third-order valence-corrected chi connectivity index (χ3v) is 3.35.